The summed E-state index contributed by atoms with van der Waals surface area (Å²) < 4.78 is 20.4. The predicted molar refractivity (Wildman–Crippen MR) is 134 cm³/mol. The van der Waals surface area contributed by atoms with E-state index in [-0.39, 0.29) is 24.1 Å². The topological polar surface area (TPSA) is 45.7 Å². The molecule has 4 aromatic rings. The summed E-state index contributed by atoms with van der Waals surface area (Å²) in [6, 6.07) is 18.6. The predicted octanol–water partition coefficient (Wildman–Crippen LogP) is 5.38. The van der Waals surface area contributed by atoms with Gasteiger partial charge in [-0.15, -0.1) is 12.4 Å². The number of rotatable bonds is 6. The van der Waals surface area contributed by atoms with Crippen molar-refractivity contribution in [3.63, 3.8) is 0 Å². The first-order valence-corrected chi connectivity index (χ1v) is 11.7. The van der Waals surface area contributed by atoms with Crippen molar-refractivity contribution in [1.29, 1.82) is 0 Å². The number of ether oxygens (including phenoxy) is 1. The molecule has 0 radical (unpaired) electrons. The number of thiazole rings is 1. The number of hydrogen-bond acceptors (Lipinski definition) is 5. The molecule has 0 bridgehead atoms. The molecule has 172 valence electrons. The van der Waals surface area contributed by atoms with Crippen LogP contribution in [0, 0.1) is 5.82 Å². The number of halogens is 2. The van der Waals surface area contributed by atoms with Crippen molar-refractivity contribution in [3.8, 4) is 0 Å². The standard InChI is InChI=1S/C25H24FN3O2S.ClH/c26-21-7-3-8-22-23(21)27-25(32-22)29(12-4-11-28-13-15-31-16-14-28)24(30)20-10-9-18-5-1-2-6-19(18)17-20;/h1-3,5-10,17H,4,11-16H2;1H. The van der Waals surface area contributed by atoms with Gasteiger partial charge in [-0.1, -0.05) is 47.7 Å². The molecule has 1 saturated heterocycles. The fraction of sp³-hybridized carbons (Fsp3) is 0.280. The Hall–Kier alpha value is -2.58. The van der Waals surface area contributed by atoms with Gasteiger partial charge in [0.1, 0.15) is 11.3 Å². The molecule has 3 aromatic carbocycles. The molecule has 0 aliphatic carbocycles. The largest absolute Gasteiger partial charge is 0.379 e. The van der Waals surface area contributed by atoms with Gasteiger partial charge in [0.05, 0.1) is 17.9 Å². The molecule has 1 aliphatic rings. The van der Waals surface area contributed by atoms with Gasteiger partial charge in [0.25, 0.3) is 5.91 Å². The van der Waals surface area contributed by atoms with Crippen molar-refractivity contribution in [1.82, 2.24) is 9.88 Å². The molecule has 0 unspecified atom stereocenters. The minimum Gasteiger partial charge on any atom is -0.379 e. The number of aromatic nitrogens is 1. The lowest BCUT2D eigenvalue weighted by Gasteiger charge is -2.27. The van der Waals surface area contributed by atoms with Crippen molar-refractivity contribution >= 4 is 55.8 Å². The highest BCUT2D eigenvalue weighted by molar-refractivity contribution is 7.22. The van der Waals surface area contributed by atoms with Crippen LogP contribution < -0.4 is 4.90 Å². The van der Waals surface area contributed by atoms with E-state index in [1.165, 1.54) is 17.4 Å². The number of hydrogen-bond donors (Lipinski definition) is 0. The average molecular weight is 486 g/mol. The Balaban J connectivity index is 0.00000259. The zero-order valence-corrected chi connectivity index (χ0v) is 19.7. The number of anilines is 1. The van der Waals surface area contributed by atoms with E-state index in [1.54, 1.807) is 11.0 Å². The van der Waals surface area contributed by atoms with Crippen molar-refractivity contribution in [2.24, 2.45) is 0 Å². The Labute approximate surface area is 202 Å². The summed E-state index contributed by atoms with van der Waals surface area (Å²) in [5.41, 5.74) is 0.923. The van der Waals surface area contributed by atoms with Gasteiger partial charge in [0, 0.05) is 31.7 Å². The fourth-order valence-electron chi connectivity index (χ4n) is 4.06. The van der Waals surface area contributed by atoms with Crippen LogP contribution in [0.15, 0.2) is 60.7 Å². The smallest absolute Gasteiger partial charge is 0.260 e. The van der Waals surface area contributed by atoms with E-state index in [1.807, 2.05) is 48.5 Å². The average Bonchev–Trinajstić information content (AvgIpc) is 3.27. The van der Waals surface area contributed by atoms with Gasteiger partial charge in [0.2, 0.25) is 0 Å². The van der Waals surface area contributed by atoms with Gasteiger partial charge >= 0.3 is 0 Å². The molecule has 1 amide bonds. The molecule has 2 heterocycles. The first kappa shape index (κ1) is 23.6. The third-order valence-corrected chi connectivity index (χ3v) is 6.83. The second-order valence-corrected chi connectivity index (χ2v) is 8.92. The maximum Gasteiger partial charge on any atom is 0.260 e. The van der Waals surface area contributed by atoms with Crippen LogP contribution in [-0.4, -0.2) is 55.2 Å². The number of para-hydroxylation sites is 1. The zero-order valence-electron chi connectivity index (χ0n) is 18.1. The molecule has 0 spiro atoms. The van der Waals surface area contributed by atoms with Crippen LogP contribution in [0.25, 0.3) is 21.0 Å². The van der Waals surface area contributed by atoms with Gasteiger partial charge < -0.3 is 4.74 Å². The third kappa shape index (κ3) is 5.17. The summed E-state index contributed by atoms with van der Waals surface area (Å²) in [7, 11) is 0. The first-order valence-electron chi connectivity index (χ1n) is 10.8. The molecule has 0 atom stereocenters. The highest BCUT2D eigenvalue weighted by Crippen LogP contribution is 2.31. The summed E-state index contributed by atoms with van der Waals surface area (Å²) in [5.74, 6) is -0.478. The van der Waals surface area contributed by atoms with E-state index in [9.17, 15) is 9.18 Å². The molecule has 1 fully saturated rings. The van der Waals surface area contributed by atoms with E-state index in [4.69, 9.17) is 4.74 Å². The maximum absolute atomic E-state index is 14.3. The zero-order chi connectivity index (χ0) is 21.9. The van der Waals surface area contributed by atoms with Crippen molar-refractivity contribution in [2.75, 3.05) is 44.3 Å². The minimum atomic E-state index is -0.364. The van der Waals surface area contributed by atoms with Crippen LogP contribution in [0.4, 0.5) is 9.52 Å². The van der Waals surface area contributed by atoms with Crippen LogP contribution in [0.5, 0.6) is 0 Å². The normalized spacial score (nSPS) is 14.3. The number of benzene rings is 3. The minimum absolute atomic E-state index is 0. The van der Waals surface area contributed by atoms with E-state index in [2.05, 4.69) is 9.88 Å². The van der Waals surface area contributed by atoms with E-state index >= 15 is 0 Å². The number of amides is 1. The maximum atomic E-state index is 14.3. The van der Waals surface area contributed by atoms with Crippen molar-refractivity contribution in [2.45, 2.75) is 6.42 Å². The second-order valence-electron chi connectivity index (χ2n) is 7.91. The molecule has 8 heteroatoms. The Morgan fingerprint density at radius 1 is 1.06 bits per heavy atom. The molecule has 33 heavy (non-hydrogen) atoms. The number of nitrogens with zero attached hydrogens (tertiary/aromatic N) is 3. The lowest BCUT2D eigenvalue weighted by atomic mass is 10.1. The van der Waals surface area contributed by atoms with Gasteiger partial charge in [-0.3, -0.25) is 14.6 Å². The van der Waals surface area contributed by atoms with Gasteiger partial charge in [-0.05, 0) is 41.5 Å². The van der Waals surface area contributed by atoms with E-state index < -0.39 is 0 Å². The second kappa shape index (κ2) is 10.6. The molecule has 5 rings (SSSR count). The quantitative estimate of drug-likeness (QED) is 0.368. The first-order chi connectivity index (χ1) is 15.7. The molecular weight excluding hydrogens is 461 g/mol. The van der Waals surface area contributed by atoms with Crippen LogP contribution in [-0.2, 0) is 4.74 Å². The summed E-state index contributed by atoms with van der Waals surface area (Å²) >= 11 is 1.35. The van der Waals surface area contributed by atoms with Crippen LogP contribution >= 0.6 is 23.7 Å². The van der Waals surface area contributed by atoms with Crippen molar-refractivity contribution < 1.29 is 13.9 Å². The molecule has 5 nitrogen and oxygen atoms in total. The molecule has 0 N–H and O–H groups in total. The summed E-state index contributed by atoms with van der Waals surface area (Å²) in [5, 5.41) is 2.64. The number of morpholine rings is 1. The third-order valence-electron chi connectivity index (χ3n) is 5.79. The molecule has 1 aliphatic heterocycles. The number of fused-ring (bicyclic) bond motifs is 2. The number of carbonyl (C=O) groups excluding carboxylic acids is 1. The molecule has 1 aromatic heterocycles. The Morgan fingerprint density at radius 3 is 2.64 bits per heavy atom. The van der Waals surface area contributed by atoms with Crippen LogP contribution in [0.2, 0.25) is 0 Å². The summed E-state index contributed by atoms with van der Waals surface area (Å²) in [6.07, 6.45) is 0.803. The van der Waals surface area contributed by atoms with Crippen LogP contribution in [0.1, 0.15) is 16.8 Å². The van der Waals surface area contributed by atoms with Crippen molar-refractivity contribution in [3.05, 3.63) is 72.0 Å². The van der Waals surface area contributed by atoms with Gasteiger partial charge in [-0.2, -0.15) is 0 Å². The lowest BCUT2D eigenvalue weighted by Crippen LogP contribution is -2.39. The monoisotopic (exact) mass is 485 g/mol. The van der Waals surface area contributed by atoms with Gasteiger partial charge in [0.15, 0.2) is 5.13 Å². The Bertz CT molecular complexity index is 1260. The number of carbonyl (C=O) groups is 1. The van der Waals surface area contributed by atoms with E-state index in [0.717, 1.165) is 54.7 Å². The summed E-state index contributed by atoms with van der Waals surface area (Å²) in [6.45, 7) is 4.71. The Morgan fingerprint density at radius 2 is 1.85 bits per heavy atom. The summed E-state index contributed by atoms with van der Waals surface area (Å²) in [4.78, 5) is 22.2. The SMILES string of the molecule is Cl.O=C(c1ccc2ccccc2c1)N(CCCN1CCOCC1)c1nc2c(F)cccc2s1. The lowest BCUT2D eigenvalue weighted by molar-refractivity contribution is 0.0376. The molecule has 0 saturated carbocycles. The molecular formula is C25H25ClFN3O2S. The van der Waals surface area contributed by atoms with E-state index in [0.29, 0.717) is 22.8 Å². The Kier molecular flexibility index (Phi) is 7.55. The van der Waals surface area contributed by atoms with Crippen LogP contribution in [0.3, 0.4) is 0 Å². The highest BCUT2D eigenvalue weighted by Gasteiger charge is 2.23. The highest BCUT2D eigenvalue weighted by atomic mass is 35.5. The van der Waals surface area contributed by atoms with Gasteiger partial charge in [-0.25, -0.2) is 9.37 Å². The fourth-order valence-corrected chi connectivity index (χ4v) is 5.06.